The molecule has 3 nitrogen and oxygen atoms in total. The summed E-state index contributed by atoms with van der Waals surface area (Å²) in [5.41, 5.74) is 0. The number of likely N-dealkylation sites (tertiary alicyclic amines) is 1. The molecule has 1 aliphatic heterocycles. The van der Waals surface area contributed by atoms with Crippen molar-refractivity contribution in [1.82, 2.24) is 4.90 Å². The fourth-order valence-corrected chi connectivity index (χ4v) is 2.83. The lowest BCUT2D eigenvalue weighted by Gasteiger charge is -2.32. The molecule has 2 rings (SSSR count). The lowest BCUT2D eigenvalue weighted by atomic mass is 10.1. The van der Waals surface area contributed by atoms with Crippen LogP contribution in [0.2, 0.25) is 0 Å². The summed E-state index contributed by atoms with van der Waals surface area (Å²) in [4.78, 5) is 14.9. The van der Waals surface area contributed by atoms with Crippen molar-refractivity contribution < 1.29 is 9.53 Å². The summed E-state index contributed by atoms with van der Waals surface area (Å²) in [6.45, 7) is 5.74. The van der Waals surface area contributed by atoms with Gasteiger partial charge in [-0.3, -0.25) is 4.79 Å². The highest BCUT2D eigenvalue weighted by Gasteiger charge is 2.24. The van der Waals surface area contributed by atoms with Crippen molar-refractivity contribution in [3.63, 3.8) is 0 Å². The third-order valence-corrected chi connectivity index (χ3v) is 3.78. The molecule has 17 heavy (non-hydrogen) atoms. The smallest absolute Gasteiger partial charge is 0.263 e. The van der Waals surface area contributed by atoms with E-state index >= 15 is 0 Å². The highest BCUT2D eigenvalue weighted by atomic mass is 32.1. The minimum absolute atomic E-state index is 0.169. The van der Waals surface area contributed by atoms with Crippen molar-refractivity contribution >= 4 is 17.2 Å². The van der Waals surface area contributed by atoms with Gasteiger partial charge in [-0.15, -0.1) is 11.3 Å². The van der Waals surface area contributed by atoms with Crippen LogP contribution in [-0.4, -0.2) is 36.1 Å². The lowest BCUT2D eigenvalue weighted by molar-refractivity contribution is -0.0235. The maximum absolute atomic E-state index is 12.1. The summed E-state index contributed by atoms with van der Waals surface area (Å²) < 4.78 is 5.77. The first kappa shape index (κ1) is 12.6. The fourth-order valence-electron chi connectivity index (χ4n) is 2.14. The largest absolute Gasteiger partial charge is 0.375 e. The van der Waals surface area contributed by atoms with Crippen LogP contribution in [0.5, 0.6) is 0 Å². The predicted molar refractivity (Wildman–Crippen MR) is 69.5 cm³/mol. The maximum atomic E-state index is 12.1. The molecule has 0 N–H and O–H groups in total. The topological polar surface area (TPSA) is 29.5 Å². The van der Waals surface area contributed by atoms with E-state index in [0.717, 1.165) is 30.8 Å². The van der Waals surface area contributed by atoms with Crippen molar-refractivity contribution in [3.8, 4) is 0 Å². The van der Waals surface area contributed by atoms with Gasteiger partial charge >= 0.3 is 0 Å². The Balaban J connectivity index is 1.85. The average molecular weight is 253 g/mol. The highest BCUT2D eigenvalue weighted by Crippen LogP contribution is 2.19. The summed E-state index contributed by atoms with van der Waals surface area (Å²) >= 11 is 1.51. The molecule has 4 heteroatoms. The van der Waals surface area contributed by atoms with Gasteiger partial charge in [0, 0.05) is 13.1 Å². The number of hydrogen-bond acceptors (Lipinski definition) is 3. The number of carbonyl (C=O) groups is 1. The molecule has 0 aliphatic carbocycles. The first-order chi connectivity index (χ1) is 8.16. The van der Waals surface area contributed by atoms with Crippen LogP contribution in [-0.2, 0) is 4.74 Å². The zero-order chi connectivity index (χ0) is 12.3. The van der Waals surface area contributed by atoms with Gasteiger partial charge in [-0.1, -0.05) is 6.07 Å². The number of rotatable bonds is 3. The van der Waals surface area contributed by atoms with E-state index in [0.29, 0.717) is 6.10 Å². The van der Waals surface area contributed by atoms with E-state index in [4.69, 9.17) is 4.74 Å². The molecular formula is C13H19NO2S. The SMILES string of the molecule is CC(C)OC1CCN(C(=O)c2cccs2)CC1. The quantitative estimate of drug-likeness (QED) is 0.829. The van der Waals surface area contributed by atoms with Gasteiger partial charge in [0.25, 0.3) is 5.91 Å². The Morgan fingerprint density at radius 3 is 2.71 bits per heavy atom. The molecule has 0 atom stereocenters. The van der Waals surface area contributed by atoms with Gasteiger partial charge in [-0.25, -0.2) is 0 Å². The minimum atomic E-state index is 0.169. The molecular weight excluding hydrogens is 234 g/mol. The second-order valence-electron chi connectivity index (χ2n) is 4.65. The van der Waals surface area contributed by atoms with E-state index < -0.39 is 0 Å². The average Bonchev–Trinajstić information content (AvgIpc) is 2.82. The summed E-state index contributed by atoms with van der Waals surface area (Å²) in [7, 11) is 0. The zero-order valence-electron chi connectivity index (χ0n) is 10.4. The molecule has 1 aromatic heterocycles. The van der Waals surface area contributed by atoms with Gasteiger partial charge < -0.3 is 9.64 Å². The number of hydrogen-bond donors (Lipinski definition) is 0. The van der Waals surface area contributed by atoms with Crippen LogP contribution in [0, 0.1) is 0 Å². The van der Waals surface area contributed by atoms with E-state index in [1.54, 1.807) is 0 Å². The molecule has 0 saturated carbocycles. The zero-order valence-corrected chi connectivity index (χ0v) is 11.2. The van der Waals surface area contributed by atoms with Gasteiger partial charge in [0.2, 0.25) is 0 Å². The Hall–Kier alpha value is -0.870. The van der Waals surface area contributed by atoms with E-state index in [-0.39, 0.29) is 12.0 Å². The molecule has 0 bridgehead atoms. The summed E-state index contributed by atoms with van der Waals surface area (Å²) in [5.74, 6) is 0.169. The third-order valence-electron chi connectivity index (χ3n) is 2.93. The fraction of sp³-hybridized carbons (Fsp3) is 0.615. The normalized spacial score (nSPS) is 17.7. The van der Waals surface area contributed by atoms with Crippen molar-refractivity contribution in [2.24, 2.45) is 0 Å². The molecule has 1 fully saturated rings. The molecule has 94 valence electrons. The van der Waals surface area contributed by atoms with E-state index in [1.165, 1.54) is 11.3 Å². The molecule has 2 heterocycles. The molecule has 1 aliphatic rings. The summed E-state index contributed by atoms with van der Waals surface area (Å²) in [5, 5.41) is 1.95. The van der Waals surface area contributed by atoms with Crippen molar-refractivity contribution in [3.05, 3.63) is 22.4 Å². The van der Waals surface area contributed by atoms with Crippen LogP contribution < -0.4 is 0 Å². The van der Waals surface area contributed by atoms with Gasteiger partial charge in [-0.2, -0.15) is 0 Å². The van der Waals surface area contributed by atoms with E-state index in [9.17, 15) is 4.79 Å². The highest BCUT2D eigenvalue weighted by molar-refractivity contribution is 7.12. The van der Waals surface area contributed by atoms with Crippen molar-refractivity contribution in [2.75, 3.05) is 13.1 Å². The van der Waals surface area contributed by atoms with Gasteiger partial charge in [-0.05, 0) is 38.1 Å². The number of amides is 1. The van der Waals surface area contributed by atoms with Crippen LogP contribution in [0.25, 0.3) is 0 Å². The predicted octanol–water partition coefficient (Wildman–Crippen LogP) is 2.78. The second kappa shape index (κ2) is 5.65. The van der Waals surface area contributed by atoms with Crippen molar-refractivity contribution in [2.45, 2.75) is 38.9 Å². The van der Waals surface area contributed by atoms with Crippen LogP contribution in [0.15, 0.2) is 17.5 Å². The van der Waals surface area contributed by atoms with Gasteiger partial charge in [0.05, 0.1) is 17.1 Å². The Labute approximate surface area is 106 Å². The molecule has 1 amide bonds. The molecule has 1 aromatic rings. The Morgan fingerprint density at radius 1 is 1.47 bits per heavy atom. The minimum Gasteiger partial charge on any atom is -0.375 e. The summed E-state index contributed by atoms with van der Waals surface area (Å²) in [6, 6.07) is 3.82. The second-order valence-corrected chi connectivity index (χ2v) is 5.60. The van der Waals surface area contributed by atoms with Crippen LogP contribution >= 0.6 is 11.3 Å². The molecule has 0 spiro atoms. The van der Waals surface area contributed by atoms with Gasteiger partial charge in [0.15, 0.2) is 0 Å². The molecule has 1 saturated heterocycles. The number of ether oxygens (including phenoxy) is 1. The number of nitrogens with zero attached hydrogens (tertiary/aromatic N) is 1. The third kappa shape index (κ3) is 3.30. The Bertz CT molecular complexity index is 354. The monoisotopic (exact) mass is 253 g/mol. The Kier molecular flexibility index (Phi) is 4.18. The van der Waals surface area contributed by atoms with Crippen molar-refractivity contribution in [1.29, 1.82) is 0 Å². The number of piperidine rings is 1. The first-order valence-electron chi connectivity index (χ1n) is 6.15. The Morgan fingerprint density at radius 2 is 2.18 bits per heavy atom. The lowest BCUT2D eigenvalue weighted by Crippen LogP contribution is -2.41. The molecule has 0 radical (unpaired) electrons. The van der Waals surface area contributed by atoms with E-state index in [1.807, 2.05) is 22.4 Å². The first-order valence-corrected chi connectivity index (χ1v) is 7.03. The maximum Gasteiger partial charge on any atom is 0.263 e. The van der Waals surface area contributed by atoms with Crippen LogP contribution in [0.3, 0.4) is 0 Å². The molecule has 0 aromatic carbocycles. The van der Waals surface area contributed by atoms with E-state index in [2.05, 4.69) is 13.8 Å². The number of thiophene rings is 1. The molecule has 0 unspecified atom stereocenters. The van der Waals surface area contributed by atoms with Crippen LogP contribution in [0.4, 0.5) is 0 Å². The number of carbonyl (C=O) groups excluding carboxylic acids is 1. The van der Waals surface area contributed by atoms with Crippen LogP contribution in [0.1, 0.15) is 36.4 Å². The standard InChI is InChI=1S/C13H19NO2S/c1-10(2)16-11-5-7-14(8-6-11)13(15)12-4-3-9-17-12/h3-4,9-11H,5-8H2,1-2H3. The summed E-state index contributed by atoms with van der Waals surface area (Å²) in [6.07, 6.45) is 2.51. The van der Waals surface area contributed by atoms with Gasteiger partial charge in [0.1, 0.15) is 0 Å².